The normalized spacial score (nSPS) is 17.8. The van der Waals surface area contributed by atoms with Gasteiger partial charge in [0, 0.05) is 34.9 Å². The quantitative estimate of drug-likeness (QED) is 0.308. The summed E-state index contributed by atoms with van der Waals surface area (Å²) in [5.74, 6) is 1.04. The Morgan fingerprint density at radius 3 is 2.77 bits per heavy atom. The Hall–Kier alpha value is -4.41. The SMILES string of the molecule is Cc1nc2ccc(OCC(F)(F)F)cc2n1-c1cccc2c1OC[C@H]2Nc1ccc2c(c1)OC[C@H]2CC(=O)O. The fourth-order valence-electron chi connectivity index (χ4n) is 5.21. The Morgan fingerprint density at radius 2 is 1.97 bits per heavy atom. The molecule has 39 heavy (non-hydrogen) atoms. The number of para-hydroxylation sites is 1. The molecule has 2 aliphatic heterocycles. The first kappa shape index (κ1) is 24.9. The van der Waals surface area contributed by atoms with E-state index in [4.69, 9.17) is 19.3 Å². The van der Waals surface area contributed by atoms with Crippen LogP contribution in [0.4, 0.5) is 18.9 Å². The number of carboxylic acid groups (broad SMARTS) is 1. The molecule has 0 bridgehead atoms. The average molecular weight is 540 g/mol. The van der Waals surface area contributed by atoms with Crippen molar-refractivity contribution in [2.24, 2.45) is 0 Å². The van der Waals surface area contributed by atoms with E-state index in [1.165, 1.54) is 6.07 Å². The molecule has 3 heterocycles. The number of hydrogen-bond donors (Lipinski definition) is 2. The Morgan fingerprint density at radius 1 is 1.13 bits per heavy atom. The highest BCUT2D eigenvalue weighted by molar-refractivity contribution is 5.81. The molecule has 0 spiro atoms. The van der Waals surface area contributed by atoms with Crippen molar-refractivity contribution in [1.82, 2.24) is 9.55 Å². The van der Waals surface area contributed by atoms with E-state index >= 15 is 0 Å². The minimum absolute atomic E-state index is 0.0185. The highest BCUT2D eigenvalue weighted by Crippen LogP contribution is 2.42. The van der Waals surface area contributed by atoms with Crippen LogP contribution in [0.1, 0.15) is 35.3 Å². The number of rotatable bonds is 7. The number of carbonyl (C=O) groups is 1. The second-order valence-corrected chi connectivity index (χ2v) is 9.61. The van der Waals surface area contributed by atoms with Gasteiger partial charge >= 0.3 is 12.1 Å². The van der Waals surface area contributed by atoms with Gasteiger partial charge in [-0.15, -0.1) is 0 Å². The summed E-state index contributed by atoms with van der Waals surface area (Å²) >= 11 is 0. The number of aliphatic carboxylic acids is 1. The van der Waals surface area contributed by atoms with E-state index in [9.17, 15) is 18.0 Å². The van der Waals surface area contributed by atoms with E-state index in [-0.39, 0.29) is 24.1 Å². The van der Waals surface area contributed by atoms with E-state index in [2.05, 4.69) is 10.3 Å². The molecule has 0 amide bonds. The fourth-order valence-corrected chi connectivity index (χ4v) is 5.21. The average Bonchev–Trinajstić information content (AvgIpc) is 3.57. The highest BCUT2D eigenvalue weighted by atomic mass is 19.4. The molecule has 2 N–H and O–H groups in total. The number of aromatic nitrogens is 2. The number of ether oxygens (including phenoxy) is 3. The van der Waals surface area contributed by atoms with Gasteiger partial charge in [-0.25, -0.2) is 4.98 Å². The summed E-state index contributed by atoms with van der Waals surface area (Å²) in [5.41, 5.74) is 4.56. The van der Waals surface area contributed by atoms with Crippen molar-refractivity contribution < 1.29 is 37.3 Å². The van der Waals surface area contributed by atoms with Crippen molar-refractivity contribution in [3.05, 3.63) is 71.5 Å². The maximum absolute atomic E-state index is 12.7. The van der Waals surface area contributed by atoms with E-state index in [1.54, 1.807) is 12.1 Å². The van der Waals surface area contributed by atoms with Crippen LogP contribution in [-0.4, -0.2) is 46.6 Å². The van der Waals surface area contributed by atoms with Gasteiger partial charge in [-0.1, -0.05) is 18.2 Å². The predicted octanol–water partition coefficient (Wildman–Crippen LogP) is 5.77. The van der Waals surface area contributed by atoms with Crippen LogP contribution in [0.3, 0.4) is 0 Å². The van der Waals surface area contributed by atoms with Gasteiger partial charge in [0.05, 0.1) is 35.8 Å². The molecule has 4 aromatic rings. The van der Waals surface area contributed by atoms with Crippen LogP contribution >= 0.6 is 0 Å². The molecule has 0 unspecified atom stereocenters. The number of nitrogens with one attached hydrogen (secondary N) is 1. The molecular weight excluding hydrogens is 515 g/mol. The number of alkyl halides is 3. The zero-order chi connectivity index (χ0) is 27.3. The summed E-state index contributed by atoms with van der Waals surface area (Å²) in [5, 5.41) is 12.6. The molecule has 0 saturated carbocycles. The molecule has 2 aliphatic rings. The lowest BCUT2D eigenvalue weighted by molar-refractivity contribution is -0.153. The Bertz CT molecular complexity index is 1580. The van der Waals surface area contributed by atoms with Crippen LogP contribution in [0.5, 0.6) is 17.2 Å². The molecule has 2 atom stereocenters. The van der Waals surface area contributed by atoms with Gasteiger partial charge in [-0.3, -0.25) is 9.36 Å². The zero-order valence-corrected chi connectivity index (χ0v) is 20.8. The number of nitrogens with zero attached hydrogens (tertiary/aromatic N) is 2. The van der Waals surface area contributed by atoms with Gasteiger partial charge in [-0.2, -0.15) is 13.2 Å². The molecule has 0 fully saturated rings. The highest BCUT2D eigenvalue weighted by Gasteiger charge is 2.31. The van der Waals surface area contributed by atoms with E-state index < -0.39 is 18.8 Å². The van der Waals surface area contributed by atoms with Crippen molar-refractivity contribution in [2.45, 2.75) is 31.5 Å². The van der Waals surface area contributed by atoms with Gasteiger partial charge in [-0.05, 0) is 31.2 Å². The van der Waals surface area contributed by atoms with Crippen LogP contribution in [0.25, 0.3) is 16.7 Å². The van der Waals surface area contributed by atoms with E-state index in [1.807, 2.05) is 47.9 Å². The molecule has 202 valence electrons. The third-order valence-electron chi connectivity index (χ3n) is 6.89. The lowest BCUT2D eigenvalue weighted by atomic mass is 9.97. The summed E-state index contributed by atoms with van der Waals surface area (Å²) in [4.78, 5) is 15.7. The molecule has 0 saturated heterocycles. The van der Waals surface area contributed by atoms with E-state index in [0.29, 0.717) is 41.6 Å². The summed E-state index contributed by atoms with van der Waals surface area (Å²) in [6, 6.07) is 15.9. The van der Waals surface area contributed by atoms with Crippen LogP contribution < -0.4 is 19.5 Å². The third-order valence-corrected chi connectivity index (χ3v) is 6.89. The smallest absolute Gasteiger partial charge is 0.422 e. The molecule has 11 heteroatoms. The summed E-state index contributed by atoms with van der Waals surface area (Å²) in [6.45, 7) is 1.14. The maximum Gasteiger partial charge on any atom is 0.422 e. The van der Waals surface area contributed by atoms with Gasteiger partial charge < -0.3 is 24.6 Å². The number of fused-ring (bicyclic) bond motifs is 3. The molecule has 8 nitrogen and oxygen atoms in total. The molecular formula is C28H24F3N3O5. The first-order valence-corrected chi connectivity index (χ1v) is 12.4. The van der Waals surface area contributed by atoms with Crippen molar-refractivity contribution in [2.75, 3.05) is 25.1 Å². The number of anilines is 1. The second kappa shape index (κ2) is 9.40. The minimum Gasteiger partial charge on any atom is -0.493 e. The molecule has 0 radical (unpaired) electrons. The number of benzene rings is 3. The number of hydrogen-bond acceptors (Lipinski definition) is 6. The van der Waals surface area contributed by atoms with Gasteiger partial charge in [0.15, 0.2) is 6.61 Å². The van der Waals surface area contributed by atoms with Crippen molar-refractivity contribution in [1.29, 1.82) is 0 Å². The summed E-state index contributed by atoms with van der Waals surface area (Å²) in [7, 11) is 0. The monoisotopic (exact) mass is 539 g/mol. The van der Waals surface area contributed by atoms with Crippen LogP contribution in [0.15, 0.2) is 54.6 Å². The lowest BCUT2D eigenvalue weighted by Gasteiger charge is -2.15. The van der Waals surface area contributed by atoms with Crippen LogP contribution in [0, 0.1) is 6.92 Å². The van der Waals surface area contributed by atoms with Gasteiger partial charge in [0.2, 0.25) is 0 Å². The van der Waals surface area contributed by atoms with Crippen molar-refractivity contribution in [3.8, 4) is 22.9 Å². The lowest BCUT2D eigenvalue weighted by Crippen LogP contribution is -2.19. The zero-order valence-electron chi connectivity index (χ0n) is 20.8. The van der Waals surface area contributed by atoms with Crippen molar-refractivity contribution >= 4 is 22.7 Å². The number of halogens is 3. The maximum atomic E-state index is 12.7. The molecule has 3 aromatic carbocycles. The van der Waals surface area contributed by atoms with Gasteiger partial charge in [0.1, 0.15) is 29.7 Å². The first-order valence-electron chi connectivity index (χ1n) is 12.4. The first-order chi connectivity index (χ1) is 18.7. The Labute approximate surface area is 220 Å². The second-order valence-electron chi connectivity index (χ2n) is 9.61. The summed E-state index contributed by atoms with van der Waals surface area (Å²) in [6.07, 6.45) is -4.42. The fraction of sp³-hybridized carbons (Fsp3) is 0.286. The molecule has 1 aromatic heterocycles. The topological polar surface area (TPSA) is 94.8 Å². The van der Waals surface area contributed by atoms with E-state index in [0.717, 1.165) is 22.5 Å². The molecule has 6 rings (SSSR count). The number of imidazole rings is 1. The Kier molecular flexibility index (Phi) is 6.00. The largest absolute Gasteiger partial charge is 0.493 e. The minimum atomic E-state index is -4.44. The van der Waals surface area contributed by atoms with Crippen LogP contribution in [-0.2, 0) is 4.79 Å². The van der Waals surface area contributed by atoms with Crippen molar-refractivity contribution in [3.63, 3.8) is 0 Å². The molecule has 0 aliphatic carbocycles. The Balaban J connectivity index is 1.28. The predicted molar refractivity (Wildman–Crippen MR) is 136 cm³/mol. The number of aryl methyl sites for hydroxylation is 1. The standard InChI is InChI=1S/C28H24F3N3O5/c1-15-32-21-8-6-18(39-14-28(29,30)31)11-24(21)34(15)23-4-2-3-20-22(13-38-27(20)23)33-17-5-7-19-16(9-26(35)36)12-37-25(19)10-17/h2-8,10-11,16,22,33H,9,12-14H2,1H3,(H,35,36)/t16-,22-/m1/s1. The van der Waals surface area contributed by atoms with Gasteiger partial charge in [0.25, 0.3) is 0 Å². The number of carboxylic acids is 1. The third kappa shape index (κ3) is 4.80. The van der Waals surface area contributed by atoms with Crippen LogP contribution in [0.2, 0.25) is 0 Å². The summed E-state index contributed by atoms with van der Waals surface area (Å²) < 4.78 is 56.7.